The molecule has 3 aliphatic carbocycles. The molecule has 0 saturated heterocycles. The highest BCUT2D eigenvalue weighted by atomic mass is 16.3. The number of hydrogen-bond donors (Lipinski definition) is 3. The molecular formula is C24H32O3. The third-order valence-electron chi connectivity index (χ3n) is 7.99. The van der Waals surface area contributed by atoms with E-state index >= 15 is 0 Å². The second-order valence-electron chi connectivity index (χ2n) is 9.19. The number of aliphatic hydroxyl groups excluding tert-OH is 1. The van der Waals surface area contributed by atoms with Crippen molar-refractivity contribution in [3.63, 3.8) is 0 Å². The molecule has 6 atom stereocenters. The van der Waals surface area contributed by atoms with Gasteiger partial charge in [-0.3, -0.25) is 0 Å². The molecule has 1 aromatic rings. The van der Waals surface area contributed by atoms with E-state index in [4.69, 9.17) is 0 Å². The van der Waals surface area contributed by atoms with Crippen LogP contribution in [0.3, 0.4) is 0 Å². The van der Waals surface area contributed by atoms with E-state index in [-0.39, 0.29) is 5.41 Å². The molecule has 3 nitrogen and oxygen atoms in total. The van der Waals surface area contributed by atoms with E-state index in [0.717, 1.165) is 44.9 Å². The van der Waals surface area contributed by atoms with Crippen LogP contribution in [-0.2, 0) is 6.42 Å². The topological polar surface area (TPSA) is 60.7 Å². The van der Waals surface area contributed by atoms with Crippen LogP contribution in [0.4, 0.5) is 0 Å². The largest absolute Gasteiger partial charge is 0.508 e. The third-order valence-corrected chi connectivity index (χ3v) is 7.99. The molecule has 3 aliphatic rings. The quantitative estimate of drug-likeness (QED) is 0.688. The van der Waals surface area contributed by atoms with Gasteiger partial charge in [-0.15, -0.1) is 5.92 Å². The SMILES string of the molecule is CCCC#CC(O)[C@]1(O)CC[C@H]2[C@@H]3CCc4cc(O)ccc4[C@H]3CC[C@@]21C. The van der Waals surface area contributed by atoms with Gasteiger partial charge in [-0.05, 0) is 86.0 Å². The lowest BCUT2D eigenvalue weighted by Gasteiger charge is -2.53. The van der Waals surface area contributed by atoms with Crippen molar-refractivity contribution in [3.8, 4) is 17.6 Å². The van der Waals surface area contributed by atoms with Crippen LogP contribution in [0.1, 0.15) is 75.8 Å². The van der Waals surface area contributed by atoms with Crippen LogP contribution in [0.15, 0.2) is 18.2 Å². The maximum absolute atomic E-state index is 11.5. The van der Waals surface area contributed by atoms with Crippen molar-refractivity contribution < 1.29 is 15.3 Å². The van der Waals surface area contributed by atoms with Crippen LogP contribution in [0.2, 0.25) is 0 Å². The molecule has 1 unspecified atom stereocenters. The molecule has 2 fully saturated rings. The molecule has 0 heterocycles. The maximum atomic E-state index is 11.5. The molecule has 1 aromatic carbocycles. The molecule has 0 bridgehead atoms. The first-order valence-corrected chi connectivity index (χ1v) is 10.6. The van der Waals surface area contributed by atoms with Crippen molar-refractivity contribution in [1.82, 2.24) is 0 Å². The minimum absolute atomic E-state index is 0.275. The molecule has 0 amide bonds. The fourth-order valence-electron chi connectivity index (χ4n) is 6.48. The van der Waals surface area contributed by atoms with Crippen molar-refractivity contribution in [2.75, 3.05) is 0 Å². The second kappa shape index (κ2) is 6.83. The average Bonchev–Trinajstić information content (AvgIpc) is 2.94. The van der Waals surface area contributed by atoms with Crippen LogP contribution >= 0.6 is 0 Å². The first kappa shape index (κ1) is 18.8. The predicted octanol–water partition coefficient (Wildman–Crippen LogP) is 4.14. The standard InChI is InChI=1S/C24H32O3/c1-3-4-5-6-22(26)24(27)14-12-21-20-9-7-16-15-17(25)8-10-18(16)19(20)11-13-23(21,24)2/h8,10,15,19-22,25-27H,3-4,7,9,11-14H2,1-2H3/t19-,20-,21+,22?,23+,24-/m1/s1. The summed E-state index contributed by atoms with van der Waals surface area (Å²) in [6.07, 6.45) is 6.44. The first-order valence-electron chi connectivity index (χ1n) is 10.6. The number of hydrogen-bond acceptors (Lipinski definition) is 3. The zero-order valence-electron chi connectivity index (χ0n) is 16.5. The fraction of sp³-hybridized carbons (Fsp3) is 0.667. The van der Waals surface area contributed by atoms with E-state index in [9.17, 15) is 15.3 Å². The van der Waals surface area contributed by atoms with Crippen molar-refractivity contribution in [2.45, 2.75) is 82.8 Å². The van der Waals surface area contributed by atoms with Gasteiger partial charge in [-0.1, -0.05) is 25.8 Å². The Balaban J connectivity index is 1.62. The summed E-state index contributed by atoms with van der Waals surface area (Å²) in [7, 11) is 0. The minimum atomic E-state index is -1.10. The number of benzene rings is 1. The molecule has 0 spiro atoms. The molecule has 0 aromatic heterocycles. The van der Waals surface area contributed by atoms with Crippen molar-refractivity contribution >= 4 is 0 Å². The zero-order valence-corrected chi connectivity index (χ0v) is 16.5. The van der Waals surface area contributed by atoms with Gasteiger partial charge in [0.25, 0.3) is 0 Å². The van der Waals surface area contributed by atoms with Gasteiger partial charge in [0.2, 0.25) is 0 Å². The van der Waals surface area contributed by atoms with Gasteiger partial charge in [0.15, 0.2) is 0 Å². The van der Waals surface area contributed by atoms with Gasteiger partial charge < -0.3 is 15.3 Å². The van der Waals surface area contributed by atoms with Crippen molar-refractivity contribution in [3.05, 3.63) is 29.3 Å². The number of rotatable bonds is 2. The summed E-state index contributed by atoms with van der Waals surface area (Å²) in [6, 6.07) is 5.85. The monoisotopic (exact) mass is 368 g/mol. The summed E-state index contributed by atoms with van der Waals surface area (Å²) >= 11 is 0. The summed E-state index contributed by atoms with van der Waals surface area (Å²) in [5.41, 5.74) is 1.31. The maximum Gasteiger partial charge on any atom is 0.143 e. The number of aliphatic hydroxyl groups is 2. The van der Waals surface area contributed by atoms with E-state index in [0.29, 0.717) is 29.9 Å². The summed E-state index contributed by atoms with van der Waals surface area (Å²) in [5, 5.41) is 32.1. The summed E-state index contributed by atoms with van der Waals surface area (Å²) in [5.74, 6) is 7.83. The molecule has 0 aliphatic heterocycles. The van der Waals surface area contributed by atoms with Gasteiger partial charge in [-0.25, -0.2) is 0 Å². The number of aryl methyl sites for hydroxylation is 1. The Bertz CT molecular complexity index is 776. The smallest absolute Gasteiger partial charge is 0.143 e. The Morgan fingerprint density at radius 2 is 2.04 bits per heavy atom. The van der Waals surface area contributed by atoms with Gasteiger partial charge in [0, 0.05) is 11.8 Å². The van der Waals surface area contributed by atoms with Crippen LogP contribution in [0.5, 0.6) is 5.75 Å². The highest BCUT2D eigenvalue weighted by Gasteiger charge is 2.63. The van der Waals surface area contributed by atoms with E-state index in [1.807, 2.05) is 12.1 Å². The third kappa shape index (κ3) is 2.80. The zero-order chi connectivity index (χ0) is 19.2. The molecule has 4 rings (SSSR count). The van der Waals surface area contributed by atoms with Gasteiger partial charge in [-0.2, -0.15) is 0 Å². The molecular weight excluding hydrogens is 336 g/mol. The lowest BCUT2D eigenvalue weighted by Crippen LogP contribution is -2.56. The lowest BCUT2D eigenvalue weighted by atomic mass is 9.52. The van der Waals surface area contributed by atoms with Crippen LogP contribution < -0.4 is 0 Å². The summed E-state index contributed by atoms with van der Waals surface area (Å²) in [6.45, 7) is 4.27. The normalized spacial score (nSPS) is 38.1. The first-order chi connectivity index (χ1) is 12.9. The van der Waals surface area contributed by atoms with Gasteiger partial charge in [0.05, 0.1) is 0 Å². The van der Waals surface area contributed by atoms with E-state index < -0.39 is 11.7 Å². The summed E-state index contributed by atoms with van der Waals surface area (Å²) < 4.78 is 0. The molecule has 27 heavy (non-hydrogen) atoms. The molecule has 0 radical (unpaired) electrons. The highest BCUT2D eigenvalue weighted by Crippen LogP contribution is 2.65. The van der Waals surface area contributed by atoms with Crippen molar-refractivity contribution in [1.29, 1.82) is 0 Å². The fourth-order valence-corrected chi connectivity index (χ4v) is 6.48. The molecule has 3 heteroatoms. The number of phenols is 1. The summed E-state index contributed by atoms with van der Waals surface area (Å²) in [4.78, 5) is 0. The van der Waals surface area contributed by atoms with E-state index in [1.54, 1.807) is 0 Å². The number of phenolic OH excluding ortho intramolecular Hbond substituents is 1. The van der Waals surface area contributed by atoms with Gasteiger partial charge in [0.1, 0.15) is 17.5 Å². The Labute approximate surface area is 162 Å². The molecule has 2 saturated carbocycles. The molecule has 146 valence electrons. The number of aromatic hydroxyl groups is 1. The Kier molecular flexibility index (Phi) is 4.77. The van der Waals surface area contributed by atoms with Gasteiger partial charge >= 0.3 is 0 Å². The highest BCUT2D eigenvalue weighted by molar-refractivity contribution is 5.40. The van der Waals surface area contributed by atoms with Crippen LogP contribution in [0.25, 0.3) is 0 Å². The van der Waals surface area contributed by atoms with Crippen molar-refractivity contribution in [2.24, 2.45) is 17.3 Å². The lowest BCUT2D eigenvalue weighted by molar-refractivity contribution is -0.148. The minimum Gasteiger partial charge on any atom is -0.508 e. The second-order valence-corrected chi connectivity index (χ2v) is 9.19. The Hall–Kier alpha value is -1.50. The molecule has 3 N–H and O–H groups in total. The predicted molar refractivity (Wildman–Crippen MR) is 106 cm³/mol. The number of fused-ring (bicyclic) bond motifs is 5. The van der Waals surface area contributed by atoms with Crippen LogP contribution in [0, 0.1) is 29.1 Å². The van der Waals surface area contributed by atoms with E-state index in [1.165, 1.54) is 11.1 Å². The van der Waals surface area contributed by atoms with Crippen LogP contribution in [-0.4, -0.2) is 27.0 Å². The number of unbranched alkanes of at least 4 members (excludes halogenated alkanes) is 1. The Morgan fingerprint density at radius 3 is 2.81 bits per heavy atom. The Morgan fingerprint density at radius 1 is 1.22 bits per heavy atom. The average molecular weight is 369 g/mol. The van der Waals surface area contributed by atoms with E-state index in [2.05, 4.69) is 31.8 Å².